The number of carbonyl (C=O) groups excluding carboxylic acids is 2. The van der Waals surface area contributed by atoms with Crippen LogP contribution < -0.4 is 15.4 Å². The maximum Gasteiger partial charge on any atom is 0.243 e. The zero-order valence-electron chi connectivity index (χ0n) is 19.9. The average molecular weight is 488 g/mol. The molecule has 2 N–H and O–H groups in total. The smallest absolute Gasteiger partial charge is 0.243 e. The summed E-state index contributed by atoms with van der Waals surface area (Å²) >= 11 is 0. The Morgan fingerprint density at radius 2 is 1.74 bits per heavy atom. The number of nitrogens with one attached hydrogen (secondary N) is 2. The molecule has 0 spiro atoms. The number of ether oxygens (including phenoxy) is 1. The first-order valence-corrected chi connectivity index (χ1v) is 12.9. The van der Waals surface area contributed by atoms with Crippen LogP contribution in [0.4, 0.5) is 0 Å². The molecule has 184 valence electrons. The Balaban J connectivity index is 1.71. The fourth-order valence-electron chi connectivity index (χ4n) is 4.01. The lowest BCUT2D eigenvalue weighted by molar-refractivity contribution is -0.132. The summed E-state index contributed by atoms with van der Waals surface area (Å²) in [7, 11) is -2.23. The monoisotopic (exact) mass is 487 g/mol. The Hall–Kier alpha value is -2.91. The number of methoxy groups -OCH3 is 1. The van der Waals surface area contributed by atoms with E-state index in [1.54, 1.807) is 12.1 Å². The van der Waals surface area contributed by atoms with Crippen molar-refractivity contribution in [3.8, 4) is 5.75 Å². The molecule has 1 aliphatic heterocycles. The van der Waals surface area contributed by atoms with E-state index in [2.05, 4.69) is 10.6 Å². The van der Waals surface area contributed by atoms with Crippen LogP contribution >= 0.6 is 0 Å². The predicted octanol–water partition coefficient (Wildman–Crippen LogP) is 2.35. The molecule has 2 amide bonds. The number of rotatable bonds is 9. The summed E-state index contributed by atoms with van der Waals surface area (Å²) in [6, 6.07) is 14.9. The van der Waals surface area contributed by atoms with Crippen LogP contribution in [0.3, 0.4) is 0 Å². The van der Waals surface area contributed by atoms with Crippen LogP contribution in [0.5, 0.6) is 5.75 Å². The molecule has 1 saturated heterocycles. The Labute approximate surface area is 201 Å². The van der Waals surface area contributed by atoms with Gasteiger partial charge < -0.3 is 15.4 Å². The number of piperidine rings is 1. The molecular weight excluding hydrogens is 454 g/mol. The maximum atomic E-state index is 13.2. The van der Waals surface area contributed by atoms with Gasteiger partial charge in [-0.2, -0.15) is 4.31 Å². The van der Waals surface area contributed by atoms with Crippen molar-refractivity contribution in [1.82, 2.24) is 14.9 Å². The summed E-state index contributed by atoms with van der Waals surface area (Å²) in [5.41, 5.74) is 0.930. The fourth-order valence-corrected chi connectivity index (χ4v) is 5.53. The largest absolute Gasteiger partial charge is 0.497 e. The van der Waals surface area contributed by atoms with Crippen molar-refractivity contribution in [3.05, 3.63) is 60.2 Å². The van der Waals surface area contributed by atoms with E-state index >= 15 is 0 Å². The van der Waals surface area contributed by atoms with E-state index in [1.165, 1.54) is 23.5 Å². The molecule has 1 aliphatic rings. The molecule has 0 aliphatic carbocycles. The van der Waals surface area contributed by atoms with Gasteiger partial charge in [0.25, 0.3) is 0 Å². The molecule has 0 saturated carbocycles. The van der Waals surface area contributed by atoms with Gasteiger partial charge in [-0.15, -0.1) is 0 Å². The van der Waals surface area contributed by atoms with Crippen molar-refractivity contribution in [2.24, 2.45) is 5.92 Å². The number of carbonyl (C=O) groups is 2. The maximum absolute atomic E-state index is 13.2. The molecule has 0 radical (unpaired) electrons. The van der Waals surface area contributed by atoms with Crippen molar-refractivity contribution in [2.75, 3.05) is 20.2 Å². The van der Waals surface area contributed by atoms with E-state index in [9.17, 15) is 18.0 Å². The van der Waals surface area contributed by atoms with Crippen molar-refractivity contribution < 1.29 is 22.7 Å². The molecule has 1 fully saturated rings. The van der Waals surface area contributed by atoms with E-state index in [1.807, 2.05) is 44.2 Å². The van der Waals surface area contributed by atoms with Gasteiger partial charge in [0.15, 0.2) is 0 Å². The topological polar surface area (TPSA) is 105 Å². The second-order valence-corrected chi connectivity index (χ2v) is 10.7. The Kier molecular flexibility index (Phi) is 8.68. The minimum absolute atomic E-state index is 0.0671. The van der Waals surface area contributed by atoms with Crippen molar-refractivity contribution >= 4 is 21.8 Å². The summed E-state index contributed by atoms with van der Waals surface area (Å²) in [6.07, 6.45) is 1.48. The molecule has 9 heteroatoms. The van der Waals surface area contributed by atoms with Gasteiger partial charge in [0.2, 0.25) is 21.8 Å². The molecule has 0 aromatic heterocycles. The van der Waals surface area contributed by atoms with Crippen molar-refractivity contribution in [2.45, 2.75) is 50.1 Å². The van der Waals surface area contributed by atoms with Crippen LogP contribution in [-0.4, -0.2) is 56.8 Å². The van der Waals surface area contributed by atoms with Gasteiger partial charge in [-0.05, 0) is 56.5 Å². The quantitative estimate of drug-likeness (QED) is 0.565. The first-order valence-electron chi connectivity index (χ1n) is 11.5. The average Bonchev–Trinajstić information content (AvgIpc) is 2.84. The first-order chi connectivity index (χ1) is 16.2. The summed E-state index contributed by atoms with van der Waals surface area (Å²) < 4.78 is 32.7. The third-order valence-corrected chi connectivity index (χ3v) is 7.68. The van der Waals surface area contributed by atoms with Gasteiger partial charge in [-0.25, -0.2) is 8.42 Å². The molecule has 3 rings (SSSR count). The number of sulfonamides is 1. The normalized spacial score (nSPS) is 17.7. The summed E-state index contributed by atoms with van der Waals surface area (Å²) in [6.45, 7) is 4.15. The molecule has 1 heterocycles. The lowest BCUT2D eigenvalue weighted by atomic mass is 9.97. The molecule has 0 bridgehead atoms. The molecular formula is C25H33N3O5S. The number of hydrogen-bond acceptors (Lipinski definition) is 5. The van der Waals surface area contributed by atoms with Gasteiger partial charge in [0, 0.05) is 25.6 Å². The third-order valence-electron chi connectivity index (χ3n) is 5.80. The van der Waals surface area contributed by atoms with Gasteiger partial charge >= 0.3 is 0 Å². The van der Waals surface area contributed by atoms with Gasteiger partial charge in [0.1, 0.15) is 11.8 Å². The van der Waals surface area contributed by atoms with Crippen molar-refractivity contribution in [1.29, 1.82) is 0 Å². The fraction of sp³-hybridized carbons (Fsp3) is 0.440. The number of amides is 2. The predicted molar refractivity (Wildman–Crippen MR) is 130 cm³/mol. The highest BCUT2D eigenvalue weighted by Crippen LogP contribution is 2.25. The summed E-state index contributed by atoms with van der Waals surface area (Å²) in [5.74, 6) is -0.536. The SMILES string of the molecule is COc1ccc(S(=O)(=O)N2CCC[C@H](C(=O)N[C@@H](Cc3ccccc3)C(=O)NC(C)C)C2)cc1. The van der Waals surface area contributed by atoms with Crippen LogP contribution in [0, 0.1) is 5.92 Å². The van der Waals surface area contributed by atoms with E-state index in [4.69, 9.17) is 4.74 Å². The molecule has 2 aromatic carbocycles. The Morgan fingerprint density at radius 1 is 1.06 bits per heavy atom. The lowest BCUT2D eigenvalue weighted by Gasteiger charge is -2.32. The first kappa shape index (κ1) is 25.7. The Bertz CT molecular complexity index is 1070. The molecule has 8 nitrogen and oxygen atoms in total. The van der Waals surface area contributed by atoms with Crippen LogP contribution in [0.2, 0.25) is 0 Å². The summed E-state index contributed by atoms with van der Waals surface area (Å²) in [4.78, 5) is 26.1. The lowest BCUT2D eigenvalue weighted by Crippen LogP contribution is -2.53. The second-order valence-electron chi connectivity index (χ2n) is 8.79. The Morgan fingerprint density at radius 3 is 2.35 bits per heavy atom. The highest BCUT2D eigenvalue weighted by atomic mass is 32.2. The third kappa shape index (κ3) is 6.57. The highest BCUT2D eigenvalue weighted by molar-refractivity contribution is 7.89. The van der Waals surface area contributed by atoms with Gasteiger partial charge in [-0.3, -0.25) is 9.59 Å². The minimum atomic E-state index is -3.74. The zero-order valence-corrected chi connectivity index (χ0v) is 20.7. The minimum Gasteiger partial charge on any atom is -0.497 e. The number of hydrogen-bond donors (Lipinski definition) is 2. The second kappa shape index (κ2) is 11.5. The standard InChI is InChI=1S/C25H33N3O5S/c1-18(2)26-25(30)23(16-19-8-5-4-6-9-19)27-24(29)20-10-7-15-28(17-20)34(31,32)22-13-11-21(33-3)12-14-22/h4-6,8-9,11-14,18,20,23H,7,10,15-17H2,1-3H3,(H,26,30)(H,27,29)/t20-,23-/m0/s1. The van der Waals surface area contributed by atoms with Gasteiger partial charge in [0.05, 0.1) is 17.9 Å². The molecule has 34 heavy (non-hydrogen) atoms. The van der Waals surface area contributed by atoms with Crippen LogP contribution in [0.1, 0.15) is 32.3 Å². The summed E-state index contributed by atoms with van der Waals surface area (Å²) in [5, 5.41) is 5.74. The zero-order chi connectivity index (χ0) is 24.7. The molecule has 2 atom stereocenters. The number of nitrogens with zero attached hydrogens (tertiary/aromatic N) is 1. The number of benzene rings is 2. The molecule has 2 aromatic rings. The van der Waals surface area contributed by atoms with Crippen molar-refractivity contribution in [3.63, 3.8) is 0 Å². The van der Waals surface area contributed by atoms with E-state index in [0.29, 0.717) is 31.6 Å². The highest BCUT2D eigenvalue weighted by Gasteiger charge is 2.34. The van der Waals surface area contributed by atoms with E-state index in [0.717, 1.165) is 5.56 Å². The molecule has 0 unspecified atom stereocenters. The van der Waals surface area contributed by atoms with Crippen LogP contribution in [-0.2, 0) is 26.0 Å². The van der Waals surface area contributed by atoms with Crippen LogP contribution in [0.15, 0.2) is 59.5 Å². The van der Waals surface area contributed by atoms with Gasteiger partial charge in [-0.1, -0.05) is 30.3 Å². The van der Waals surface area contributed by atoms with Crippen LogP contribution in [0.25, 0.3) is 0 Å². The van der Waals surface area contributed by atoms with E-state index < -0.39 is 22.0 Å². The van der Waals surface area contributed by atoms with E-state index in [-0.39, 0.29) is 29.3 Å².